The fraction of sp³-hybridized carbons (Fsp3) is 0.286. The van der Waals surface area contributed by atoms with E-state index in [4.69, 9.17) is 0 Å². The lowest BCUT2D eigenvalue weighted by Gasteiger charge is -2.11. The van der Waals surface area contributed by atoms with E-state index in [-0.39, 0.29) is 24.0 Å². The lowest BCUT2D eigenvalue weighted by atomic mass is 10.1. The Labute approximate surface area is 177 Å². The van der Waals surface area contributed by atoms with Gasteiger partial charge in [0.05, 0.1) is 5.75 Å². The molecule has 2 aromatic carbocycles. The number of rotatable bonds is 9. The minimum atomic E-state index is -2.92. The van der Waals surface area contributed by atoms with E-state index in [0.29, 0.717) is 17.3 Å². The third-order valence-electron chi connectivity index (χ3n) is 4.42. The second-order valence-electron chi connectivity index (χ2n) is 6.42. The predicted octanol–water partition coefficient (Wildman–Crippen LogP) is 4.28. The van der Waals surface area contributed by atoms with Crippen molar-refractivity contribution in [2.75, 3.05) is 5.75 Å². The second kappa shape index (κ2) is 10.2. The molecule has 0 fully saturated rings. The van der Waals surface area contributed by atoms with Crippen molar-refractivity contribution in [2.45, 2.75) is 38.7 Å². The number of nitrogens with zero attached hydrogens (tertiary/aromatic N) is 3. The molecule has 3 rings (SSSR count). The van der Waals surface area contributed by atoms with Crippen LogP contribution in [-0.2, 0) is 17.9 Å². The van der Waals surface area contributed by atoms with Crippen LogP contribution in [0.25, 0.3) is 11.4 Å². The van der Waals surface area contributed by atoms with E-state index in [1.807, 2.05) is 42.7 Å². The number of aromatic nitrogens is 3. The van der Waals surface area contributed by atoms with Crippen molar-refractivity contribution in [3.63, 3.8) is 0 Å². The van der Waals surface area contributed by atoms with E-state index < -0.39 is 6.61 Å². The van der Waals surface area contributed by atoms with E-state index in [1.54, 1.807) is 18.2 Å². The number of carbonyl (C=O) groups is 1. The van der Waals surface area contributed by atoms with Crippen molar-refractivity contribution < 1.29 is 18.3 Å². The topological polar surface area (TPSA) is 69.0 Å². The summed E-state index contributed by atoms with van der Waals surface area (Å²) < 4.78 is 31.4. The summed E-state index contributed by atoms with van der Waals surface area (Å²) in [4.78, 5) is 12.3. The van der Waals surface area contributed by atoms with Gasteiger partial charge in [0.15, 0.2) is 11.0 Å². The van der Waals surface area contributed by atoms with Gasteiger partial charge in [-0.2, -0.15) is 8.78 Å². The zero-order valence-corrected chi connectivity index (χ0v) is 17.5. The maximum absolute atomic E-state index is 12.5. The SMILES string of the molecule is CCn1c(SCC(=O)NCc2ccccc2OC(F)F)nnc1-c1ccccc1C. The van der Waals surface area contributed by atoms with Gasteiger partial charge in [0, 0.05) is 24.2 Å². The molecule has 0 bridgehead atoms. The number of carbonyl (C=O) groups excluding carboxylic acids is 1. The summed E-state index contributed by atoms with van der Waals surface area (Å²) in [5.74, 6) is 0.699. The Balaban J connectivity index is 1.61. The molecule has 1 aromatic heterocycles. The Morgan fingerprint density at radius 3 is 2.63 bits per heavy atom. The molecule has 0 saturated carbocycles. The molecule has 1 amide bonds. The van der Waals surface area contributed by atoms with Crippen LogP contribution in [0.1, 0.15) is 18.1 Å². The van der Waals surface area contributed by atoms with E-state index in [9.17, 15) is 13.6 Å². The first-order valence-corrected chi connectivity index (χ1v) is 10.4. The molecule has 0 unspecified atom stereocenters. The first kappa shape index (κ1) is 21.8. The number of ether oxygens (including phenoxy) is 1. The fourth-order valence-corrected chi connectivity index (χ4v) is 3.77. The highest BCUT2D eigenvalue weighted by molar-refractivity contribution is 7.99. The van der Waals surface area contributed by atoms with Crippen LogP contribution in [0.2, 0.25) is 0 Å². The molecule has 0 atom stereocenters. The number of halogens is 2. The molecule has 0 aliphatic carbocycles. The molecular weight excluding hydrogens is 410 g/mol. The molecule has 1 N–H and O–H groups in total. The van der Waals surface area contributed by atoms with Crippen LogP contribution < -0.4 is 10.1 Å². The van der Waals surface area contributed by atoms with Crippen molar-refractivity contribution >= 4 is 17.7 Å². The molecule has 0 aliphatic rings. The lowest BCUT2D eigenvalue weighted by Crippen LogP contribution is -2.25. The highest BCUT2D eigenvalue weighted by atomic mass is 32.2. The summed E-state index contributed by atoms with van der Waals surface area (Å²) >= 11 is 1.28. The average Bonchev–Trinajstić information content (AvgIpc) is 3.14. The van der Waals surface area contributed by atoms with Gasteiger partial charge in [0.1, 0.15) is 5.75 Å². The Bertz CT molecular complexity index is 1010. The maximum Gasteiger partial charge on any atom is 0.387 e. The minimum Gasteiger partial charge on any atom is -0.434 e. The van der Waals surface area contributed by atoms with Gasteiger partial charge < -0.3 is 14.6 Å². The number of benzene rings is 2. The lowest BCUT2D eigenvalue weighted by molar-refractivity contribution is -0.118. The highest BCUT2D eigenvalue weighted by Gasteiger charge is 2.16. The number of hydrogen-bond donors (Lipinski definition) is 1. The normalized spacial score (nSPS) is 11.0. The van der Waals surface area contributed by atoms with Crippen molar-refractivity contribution in [1.82, 2.24) is 20.1 Å². The van der Waals surface area contributed by atoms with E-state index in [2.05, 4.69) is 20.3 Å². The summed E-state index contributed by atoms with van der Waals surface area (Å²) in [6.07, 6.45) is 0. The predicted molar refractivity (Wildman–Crippen MR) is 112 cm³/mol. The molecule has 0 radical (unpaired) electrons. The van der Waals surface area contributed by atoms with Gasteiger partial charge in [0.2, 0.25) is 5.91 Å². The monoisotopic (exact) mass is 432 g/mol. The number of alkyl halides is 2. The summed E-state index contributed by atoms with van der Waals surface area (Å²) in [7, 11) is 0. The van der Waals surface area contributed by atoms with Gasteiger partial charge in [-0.15, -0.1) is 10.2 Å². The summed E-state index contributed by atoms with van der Waals surface area (Å²) in [5.41, 5.74) is 2.58. The number of amides is 1. The molecule has 0 aliphatic heterocycles. The molecule has 3 aromatic rings. The van der Waals surface area contributed by atoms with Crippen molar-refractivity contribution in [3.05, 3.63) is 59.7 Å². The number of nitrogens with one attached hydrogen (secondary N) is 1. The molecule has 0 saturated heterocycles. The van der Waals surface area contributed by atoms with Gasteiger partial charge in [0.25, 0.3) is 0 Å². The molecule has 30 heavy (non-hydrogen) atoms. The summed E-state index contributed by atoms with van der Waals surface area (Å²) in [6, 6.07) is 14.3. The highest BCUT2D eigenvalue weighted by Crippen LogP contribution is 2.26. The van der Waals surface area contributed by atoms with E-state index in [1.165, 1.54) is 17.8 Å². The molecule has 9 heteroatoms. The Morgan fingerprint density at radius 2 is 1.90 bits per heavy atom. The molecular formula is C21H22F2N4O2S. The summed E-state index contributed by atoms with van der Waals surface area (Å²) in [5, 5.41) is 11.9. The molecule has 6 nitrogen and oxygen atoms in total. The van der Waals surface area contributed by atoms with Crippen LogP contribution in [0, 0.1) is 6.92 Å². The number of para-hydroxylation sites is 1. The van der Waals surface area contributed by atoms with Gasteiger partial charge in [-0.25, -0.2) is 0 Å². The van der Waals surface area contributed by atoms with Gasteiger partial charge in [-0.3, -0.25) is 4.79 Å². The minimum absolute atomic E-state index is 0.0500. The Hall–Kier alpha value is -2.94. The van der Waals surface area contributed by atoms with Crippen LogP contribution in [0.3, 0.4) is 0 Å². The van der Waals surface area contributed by atoms with Gasteiger partial charge in [-0.1, -0.05) is 54.2 Å². The fourth-order valence-electron chi connectivity index (χ4n) is 2.94. The van der Waals surface area contributed by atoms with Crippen molar-refractivity contribution in [2.24, 2.45) is 0 Å². The van der Waals surface area contributed by atoms with E-state index >= 15 is 0 Å². The largest absolute Gasteiger partial charge is 0.434 e. The molecule has 0 spiro atoms. The van der Waals surface area contributed by atoms with Gasteiger partial charge in [-0.05, 0) is 25.5 Å². The average molecular weight is 432 g/mol. The first-order valence-electron chi connectivity index (χ1n) is 9.41. The third kappa shape index (κ3) is 5.35. The number of thioether (sulfide) groups is 1. The maximum atomic E-state index is 12.5. The standard InChI is InChI=1S/C21H22F2N4O2S/c1-3-27-19(16-10-6-4-8-14(16)2)25-26-21(27)30-13-18(28)24-12-15-9-5-7-11-17(15)29-20(22)23/h4-11,20H,3,12-13H2,1-2H3,(H,24,28). The third-order valence-corrected chi connectivity index (χ3v) is 5.38. The summed E-state index contributed by atoms with van der Waals surface area (Å²) in [6.45, 7) is 1.85. The quantitative estimate of drug-likeness (QED) is 0.511. The molecule has 158 valence electrons. The smallest absolute Gasteiger partial charge is 0.387 e. The van der Waals surface area contributed by atoms with Crippen LogP contribution in [0.4, 0.5) is 8.78 Å². The Kier molecular flexibility index (Phi) is 7.40. The van der Waals surface area contributed by atoms with Crippen molar-refractivity contribution in [1.29, 1.82) is 0 Å². The number of hydrogen-bond acceptors (Lipinski definition) is 5. The van der Waals surface area contributed by atoms with Crippen molar-refractivity contribution in [3.8, 4) is 17.1 Å². The number of aryl methyl sites for hydroxylation is 1. The first-order chi connectivity index (χ1) is 14.5. The van der Waals surface area contributed by atoms with Crippen LogP contribution in [-0.4, -0.2) is 33.0 Å². The van der Waals surface area contributed by atoms with Gasteiger partial charge >= 0.3 is 6.61 Å². The van der Waals surface area contributed by atoms with E-state index in [0.717, 1.165) is 17.0 Å². The zero-order chi connectivity index (χ0) is 21.5. The Morgan fingerprint density at radius 1 is 1.17 bits per heavy atom. The second-order valence-corrected chi connectivity index (χ2v) is 7.36. The van der Waals surface area contributed by atoms with Crippen LogP contribution in [0.5, 0.6) is 5.75 Å². The van der Waals surface area contributed by atoms with Crippen LogP contribution in [0.15, 0.2) is 53.7 Å². The molecule has 1 heterocycles. The van der Waals surface area contributed by atoms with Crippen LogP contribution >= 0.6 is 11.8 Å². The zero-order valence-electron chi connectivity index (χ0n) is 16.6.